The number of hydrogen-bond donors (Lipinski definition) is 0. The lowest BCUT2D eigenvalue weighted by atomic mass is 10.0. The fourth-order valence-corrected chi connectivity index (χ4v) is 3.54. The lowest BCUT2D eigenvalue weighted by Gasteiger charge is -2.27. The molecule has 0 N–H and O–H groups in total. The largest absolute Gasteiger partial charge is 0.376 e. The van der Waals surface area contributed by atoms with Crippen molar-refractivity contribution in [3.05, 3.63) is 34.5 Å². The minimum atomic E-state index is -0.00246. The maximum atomic E-state index is 12.7. The van der Waals surface area contributed by atoms with Crippen LogP contribution in [0.3, 0.4) is 0 Å². The molecule has 0 aromatic carbocycles. The molecule has 1 aliphatic rings. The summed E-state index contributed by atoms with van der Waals surface area (Å²) in [7, 11) is 1.90. The van der Waals surface area contributed by atoms with E-state index in [1.807, 2.05) is 31.3 Å². The van der Waals surface area contributed by atoms with Crippen LogP contribution in [0.5, 0.6) is 0 Å². The second kappa shape index (κ2) is 6.58. The number of carbonyl (C=O) groups is 1. The number of aryl methyl sites for hydroxylation is 1. The Morgan fingerprint density at radius 3 is 3.05 bits per heavy atom. The molecule has 0 unspecified atom stereocenters. The molecule has 0 aliphatic carbocycles. The summed E-state index contributed by atoms with van der Waals surface area (Å²) in [6.45, 7) is 3.37. The highest BCUT2D eigenvalue weighted by Gasteiger charge is 2.38. The van der Waals surface area contributed by atoms with Crippen molar-refractivity contribution >= 4 is 17.2 Å². The van der Waals surface area contributed by atoms with Crippen LogP contribution in [0.1, 0.15) is 29.4 Å². The van der Waals surface area contributed by atoms with Crippen LogP contribution in [0.15, 0.2) is 23.3 Å². The van der Waals surface area contributed by atoms with E-state index in [-0.39, 0.29) is 18.1 Å². The van der Waals surface area contributed by atoms with Gasteiger partial charge in [0, 0.05) is 31.8 Å². The molecular weight excluding hydrogens is 300 g/mol. The standard InChI is InChI=1S/C15H20N4O2S/c1-3-21-14-4-5-19(15(20)12-9-22-10-16-12)13(14)6-11-7-17-18(2)8-11/h7-10,13-14H,3-6H2,1-2H3/t13-,14-/m1/s1. The van der Waals surface area contributed by atoms with Gasteiger partial charge in [-0.2, -0.15) is 5.10 Å². The maximum Gasteiger partial charge on any atom is 0.273 e. The number of thiazole rings is 1. The summed E-state index contributed by atoms with van der Waals surface area (Å²) in [5.41, 5.74) is 3.34. The summed E-state index contributed by atoms with van der Waals surface area (Å²) in [6, 6.07) is 0.0401. The van der Waals surface area contributed by atoms with E-state index in [1.54, 1.807) is 15.6 Å². The van der Waals surface area contributed by atoms with Crippen molar-refractivity contribution in [2.24, 2.45) is 7.05 Å². The topological polar surface area (TPSA) is 60.2 Å². The average Bonchev–Trinajstić information content (AvgIpc) is 3.22. The number of amides is 1. The molecule has 2 aromatic heterocycles. The fourth-order valence-electron chi connectivity index (χ4n) is 3.01. The Morgan fingerprint density at radius 2 is 2.41 bits per heavy atom. The number of hydrogen-bond acceptors (Lipinski definition) is 5. The van der Waals surface area contributed by atoms with E-state index in [4.69, 9.17) is 4.74 Å². The Morgan fingerprint density at radius 1 is 1.55 bits per heavy atom. The molecule has 0 saturated carbocycles. The van der Waals surface area contributed by atoms with Gasteiger partial charge in [0.2, 0.25) is 0 Å². The second-order valence-corrected chi connectivity index (χ2v) is 6.17. The van der Waals surface area contributed by atoms with Crippen molar-refractivity contribution in [1.82, 2.24) is 19.7 Å². The molecule has 1 amide bonds. The number of likely N-dealkylation sites (tertiary alicyclic amines) is 1. The molecular formula is C15H20N4O2S. The van der Waals surface area contributed by atoms with E-state index in [0.717, 1.165) is 18.4 Å². The molecule has 1 aliphatic heterocycles. The van der Waals surface area contributed by atoms with Crippen molar-refractivity contribution in [2.75, 3.05) is 13.2 Å². The highest BCUT2D eigenvalue weighted by molar-refractivity contribution is 7.07. The van der Waals surface area contributed by atoms with E-state index >= 15 is 0 Å². The van der Waals surface area contributed by atoms with Gasteiger partial charge in [-0.1, -0.05) is 0 Å². The normalized spacial score (nSPS) is 21.5. The van der Waals surface area contributed by atoms with Crippen LogP contribution >= 0.6 is 11.3 Å². The summed E-state index contributed by atoms with van der Waals surface area (Å²) in [5, 5.41) is 6.01. The van der Waals surface area contributed by atoms with Crippen LogP contribution in [-0.4, -0.2) is 50.9 Å². The van der Waals surface area contributed by atoms with Gasteiger partial charge in [0.15, 0.2) is 0 Å². The average molecular weight is 320 g/mol. The molecule has 3 rings (SSSR count). The van der Waals surface area contributed by atoms with Gasteiger partial charge in [-0.25, -0.2) is 4.98 Å². The third-order valence-corrected chi connectivity index (χ3v) is 4.57. The molecule has 1 fully saturated rings. The summed E-state index contributed by atoms with van der Waals surface area (Å²) in [6.07, 6.45) is 5.55. The molecule has 118 valence electrons. The van der Waals surface area contributed by atoms with Gasteiger partial charge in [-0.3, -0.25) is 9.48 Å². The Balaban J connectivity index is 1.80. The van der Waals surface area contributed by atoms with E-state index in [0.29, 0.717) is 18.8 Å². The summed E-state index contributed by atoms with van der Waals surface area (Å²) in [4.78, 5) is 18.7. The molecule has 1 saturated heterocycles. The third-order valence-electron chi connectivity index (χ3n) is 3.98. The molecule has 7 heteroatoms. The Labute approximate surface area is 133 Å². The Kier molecular flexibility index (Phi) is 4.54. The zero-order valence-electron chi connectivity index (χ0n) is 12.8. The summed E-state index contributed by atoms with van der Waals surface area (Å²) >= 11 is 1.44. The first kappa shape index (κ1) is 15.2. The zero-order chi connectivity index (χ0) is 15.5. The van der Waals surface area contributed by atoms with Gasteiger partial charge < -0.3 is 9.64 Å². The molecule has 2 aromatic rings. The highest BCUT2D eigenvalue weighted by Crippen LogP contribution is 2.26. The van der Waals surface area contributed by atoms with Gasteiger partial charge >= 0.3 is 0 Å². The molecule has 0 spiro atoms. The third kappa shape index (κ3) is 3.05. The quantitative estimate of drug-likeness (QED) is 0.842. The molecule has 2 atom stereocenters. The maximum absolute atomic E-state index is 12.7. The predicted octanol–water partition coefficient (Wildman–Crippen LogP) is 1.74. The fraction of sp³-hybridized carbons (Fsp3) is 0.533. The highest BCUT2D eigenvalue weighted by atomic mass is 32.1. The SMILES string of the molecule is CCO[C@@H]1CCN(C(=O)c2cscn2)[C@@H]1Cc1cnn(C)c1. The van der Waals surface area contributed by atoms with Crippen LogP contribution in [0, 0.1) is 0 Å². The number of nitrogens with zero attached hydrogens (tertiary/aromatic N) is 4. The Hall–Kier alpha value is -1.73. The summed E-state index contributed by atoms with van der Waals surface area (Å²) < 4.78 is 7.64. The lowest BCUT2D eigenvalue weighted by Crippen LogP contribution is -2.42. The number of carbonyl (C=O) groups excluding carboxylic acids is 1. The van der Waals surface area contributed by atoms with Crippen LogP contribution < -0.4 is 0 Å². The number of rotatable bonds is 5. The van der Waals surface area contributed by atoms with Crippen LogP contribution in [0.2, 0.25) is 0 Å². The van der Waals surface area contributed by atoms with Crippen molar-refractivity contribution in [2.45, 2.75) is 31.9 Å². The minimum Gasteiger partial charge on any atom is -0.376 e. The predicted molar refractivity (Wildman–Crippen MR) is 83.9 cm³/mol. The van der Waals surface area contributed by atoms with Gasteiger partial charge in [0.05, 0.1) is 23.9 Å². The zero-order valence-corrected chi connectivity index (χ0v) is 13.6. The number of aromatic nitrogens is 3. The van der Waals surface area contributed by atoms with E-state index in [9.17, 15) is 4.79 Å². The Bertz CT molecular complexity index is 625. The minimum absolute atomic E-state index is 0.00246. The lowest BCUT2D eigenvalue weighted by molar-refractivity contribution is 0.0310. The van der Waals surface area contributed by atoms with Gasteiger partial charge in [-0.15, -0.1) is 11.3 Å². The first-order valence-electron chi connectivity index (χ1n) is 7.47. The van der Waals surface area contributed by atoms with Gasteiger partial charge in [-0.05, 0) is 25.3 Å². The first-order chi connectivity index (χ1) is 10.7. The summed E-state index contributed by atoms with van der Waals surface area (Å²) in [5.74, 6) is -0.00246. The second-order valence-electron chi connectivity index (χ2n) is 5.45. The van der Waals surface area contributed by atoms with E-state index in [2.05, 4.69) is 10.1 Å². The molecule has 3 heterocycles. The van der Waals surface area contributed by atoms with Crippen molar-refractivity contribution in [3.8, 4) is 0 Å². The first-order valence-corrected chi connectivity index (χ1v) is 8.41. The molecule has 0 bridgehead atoms. The van der Waals surface area contributed by atoms with Crippen molar-refractivity contribution in [1.29, 1.82) is 0 Å². The van der Waals surface area contributed by atoms with Gasteiger partial charge in [0.25, 0.3) is 5.91 Å². The smallest absolute Gasteiger partial charge is 0.273 e. The van der Waals surface area contributed by atoms with E-state index in [1.165, 1.54) is 11.3 Å². The number of ether oxygens (including phenoxy) is 1. The van der Waals surface area contributed by atoms with Crippen LogP contribution in [0.4, 0.5) is 0 Å². The van der Waals surface area contributed by atoms with Crippen LogP contribution in [0.25, 0.3) is 0 Å². The van der Waals surface area contributed by atoms with Crippen molar-refractivity contribution < 1.29 is 9.53 Å². The molecule has 6 nitrogen and oxygen atoms in total. The van der Waals surface area contributed by atoms with Crippen molar-refractivity contribution in [3.63, 3.8) is 0 Å². The van der Waals surface area contributed by atoms with E-state index < -0.39 is 0 Å². The molecule has 0 radical (unpaired) electrons. The van der Waals surface area contributed by atoms with Crippen LogP contribution in [-0.2, 0) is 18.2 Å². The monoisotopic (exact) mass is 320 g/mol. The van der Waals surface area contributed by atoms with Gasteiger partial charge in [0.1, 0.15) is 5.69 Å². The molecule has 22 heavy (non-hydrogen) atoms.